The maximum Gasteiger partial charge on any atom is 0.306 e. The molecule has 114 valence electrons. The zero-order valence-electron chi connectivity index (χ0n) is 11.8. The zero-order valence-corrected chi connectivity index (χ0v) is 13.4. The number of ether oxygens (including phenoxy) is 1. The summed E-state index contributed by atoms with van der Waals surface area (Å²) < 4.78 is 5.41. The number of amides is 1. The first kappa shape index (κ1) is 16.0. The van der Waals surface area contributed by atoms with Crippen molar-refractivity contribution < 1.29 is 14.3 Å². The highest BCUT2D eigenvalue weighted by Gasteiger charge is 2.43. The van der Waals surface area contributed by atoms with Gasteiger partial charge in [0.15, 0.2) is 5.60 Å². The predicted octanol–water partition coefficient (Wildman–Crippen LogP) is 3.04. The van der Waals surface area contributed by atoms with Crippen LogP contribution in [-0.4, -0.2) is 28.5 Å². The standard InChI is InChI=1S/C14H23NO3S2/c15-13(17)14(8-3-4-9-14)18-12(16)6-2-1-5-11-7-10-19-20-11/h11H,1-10H2,(H2,15,17). The maximum absolute atomic E-state index is 11.9. The van der Waals surface area contributed by atoms with Gasteiger partial charge in [-0.2, -0.15) is 0 Å². The van der Waals surface area contributed by atoms with Crippen LogP contribution in [0.3, 0.4) is 0 Å². The van der Waals surface area contributed by atoms with Crippen LogP contribution in [0.25, 0.3) is 0 Å². The molecule has 6 heteroatoms. The van der Waals surface area contributed by atoms with Crippen LogP contribution in [0.2, 0.25) is 0 Å². The second kappa shape index (κ2) is 7.59. The summed E-state index contributed by atoms with van der Waals surface area (Å²) in [4.78, 5) is 23.4. The fourth-order valence-corrected chi connectivity index (χ4v) is 5.85. The molecule has 0 aromatic carbocycles. The minimum Gasteiger partial charge on any atom is -0.449 e. The van der Waals surface area contributed by atoms with Crippen molar-refractivity contribution in [3.63, 3.8) is 0 Å². The Hall–Kier alpha value is -0.360. The Morgan fingerprint density at radius 1 is 1.25 bits per heavy atom. The van der Waals surface area contributed by atoms with Crippen LogP contribution >= 0.6 is 21.6 Å². The molecule has 1 amide bonds. The minimum atomic E-state index is -1.00. The average Bonchev–Trinajstić information content (AvgIpc) is 3.06. The van der Waals surface area contributed by atoms with E-state index in [1.165, 1.54) is 18.6 Å². The molecule has 0 aromatic heterocycles. The van der Waals surface area contributed by atoms with Crippen molar-refractivity contribution in [2.24, 2.45) is 5.73 Å². The van der Waals surface area contributed by atoms with Crippen molar-refractivity contribution in [2.45, 2.75) is 68.6 Å². The van der Waals surface area contributed by atoms with E-state index in [9.17, 15) is 9.59 Å². The number of nitrogens with two attached hydrogens (primary N) is 1. The maximum atomic E-state index is 11.9. The second-order valence-corrected chi connectivity index (χ2v) is 8.40. The Labute approximate surface area is 128 Å². The minimum absolute atomic E-state index is 0.265. The third kappa shape index (κ3) is 4.32. The lowest BCUT2D eigenvalue weighted by Crippen LogP contribution is -2.45. The lowest BCUT2D eigenvalue weighted by molar-refractivity contribution is -0.166. The van der Waals surface area contributed by atoms with Crippen molar-refractivity contribution in [3.05, 3.63) is 0 Å². The first-order valence-corrected chi connectivity index (χ1v) is 9.81. The number of carbonyl (C=O) groups excluding carboxylic acids is 2. The molecule has 20 heavy (non-hydrogen) atoms. The molecule has 0 aromatic rings. The van der Waals surface area contributed by atoms with Gasteiger partial charge in [0, 0.05) is 17.4 Å². The van der Waals surface area contributed by atoms with Crippen LogP contribution in [0.1, 0.15) is 57.8 Å². The molecule has 1 heterocycles. The monoisotopic (exact) mass is 317 g/mol. The van der Waals surface area contributed by atoms with Gasteiger partial charge in [0.2, 0.25) is 0 Å². The molecule has 1 atom stereocenters. The molecule has 1 unspecified atom stereocenters. The molecule has 2 fully saturated rings. The van der Waals surface area contributed by atoms with E-state index < -0.39 is 11.5 Å². The highest BCUT2D eigenvalue weighted by molar-refractivity contribution is 8.77. The molecule has 1 aliphatic carbocycles. The number of rotatable bonds is 7. The molecule has 0 radical (unpaired) electrons. The normalized spacial score (nSPS) is 24.7. The van der Waals surface area contributed by atoms with Gasteiger partial charge in [-0.15, -0.1) is 0 Å². The van der Waals surface area contributed by atoms with Gasteiger partial charge in [0.1, 0.15) is 0 Å². The number of unbranched alkanes of at least 4 members (excludes halogenated alkanes) is 1. The van der Waals surface area contributed by atoms with Gasteiger partial charge in [-0.05, 0) is 44.9 Å². The van der Waals surface area contributed by atoms with Gasteiger partial charge < -0.3 is 10.5 Å². The molecule has 0 bridgehead atoms. The van der Waals surface area contributed by atoms with Gasteiger partial charge in [-0.1, -0.05) is 28.0 Å². The van der Waals surface area contributed by atoms with Crippen LogP contribution < -0.4 is 5.73 Å². The molecule has 2 N–H and O–H groups in total. The van der Waals surface area contributed by atoms with E-state index in [1.54, 1.807) is 0 Å². The summed E-state index contributed by atoms with van der Waals surface area (Å²) in [5, 5.41) is 0.753. The molecule has 2 aliphatic rings. The summed E-state index contributed by atoms with van der Waals surface area (Å²) in [6.07, 6.45) is 7.75. The molecule has 1 aliphatic heterocycles. The van der Waals surface area contributed by atoms with Crippen molar-refractivity contribution in [1.82, 2.24) is 0 Å². The van der Waals surface area contributed by atoms with E-state index in [-0.39, 0.29) is 5.97 Å². The van der Waals surface area contributed by atoms with E-state index in [1.807, 2.05) is 21.6 Å². The fourth-order valence-electron chi connectivity index (χ4n) is 2.82. The van der Waals surface area contributed by atoms with Gasteiger partial charge in [-0.25, -0.2) is 0 Å². The molecular formula is C14H23NO3S2. The van der Waals surface area contributed by atoms with Crippen molar-refractivity contribution in [2.75, 3.05) is 5.75 Å². The molecule has 1 saturated heterocycles. The summed E-state index contributed by atoms with van der Waals surface area (Å²) >= 11 is 0. The van der Waals surface area contributed by atoms with Crippen molar-refractivity contribution in [1.29, 1.82) is 0 Å². The number of hydrogen-bond acceptors (Lipinski definition) is 5. The smallest absolute Gasteiger partial charge is 0.306 e. The summed E-state index contributed by atoms with van der Waals surface area (Å²) in [5.41, 5.74) is 4.39. The van der Waals surface area contributed by atoms with Gasteiger partial charge >= 0.3 is 5.97 Å². The largest absolute Gasteiger partial charge is 0.449 e. The molecule has 0 spiro atoms. The second-order valence-electron chi connectivity index (χ2n) is 5.61. The molecule has 4 nitrogen and oxygen atoms in total. The molecule has 2 rings (SSSR count). The molecular weight excluding hydrogens is 294 g/mol. The van der Waals surface area contributed by atoms with E-state index in [0.717, 1.165) is 30.9 Å². The van der Waals surface area contributed by atoms with Crippen LogP contribution in [-0.2, 0) is 14.3 Å². The Bertz CT molecular complexity index is 350. The first-order valence-electron chi connectivity index (χ1n) is 7.42. The van der Waals surface area contributed by atoms with Gasteiger partial charge in [0.05, 0.1) is 0 Å². The number of esters is 1. The quantitative estimate of drug-likeness (QED) is 0.444. The lowest BCUT2D eigenvalue weighted by Gasteiger charge is -2.25. The van der Waals surface area contributed by atoms with E-state index in [0.29, 0.717) is 19.3 Å². The van der Waals surface area contributed by atoms with Crippen molar-refractivity contribution >= 4 is 33.5 Å². The summed E-state index contributed by atoms with van der Waals surface area (Å²) in [7, 11) is 3.91. The van der Waals surface area contributed by atoms with Crippen LogP contribution in [0.15, 0.2) is 0 Å². The fraction of sp³-hybridized carbons (Fsp3) is 0.857. The first-order chi connectivity index (χ1) is 9.62. The predicted molar refractivity (Wildman–Crippen MR) is 83.4 cm³/mol. The lowest BCUT2D eigenvalue weighted by atomic mass is 10.0. The van der Waals surface area contributed by atoms with E-state index in [4.69, 9.17) is 10.5 Å². The van der Waals surface area contributed by atoms with Crippen LogP contribution in [0, 0.1) is 0 Å². The zero-order chi connectivity index (χ0) is 14.4. The number of primary amides is 1. The van der Waals surface area contributed by atoms with Gasteiger partial charge in [0.25, 0.3) is 5.91 Å². The Morgan fingerprint density at radius 3 is 2.60 bits per heavy atom. The van der Waals surface area contributed by atoms with Crippen molar-refractivity contribution in [3.8, 4) is 0 Å². The van der Waals surface area contributed by atoms with Gasteiger partial charge in [-0.3, -0.25) is 9.59 Å². The third-order valence-electron chi connectivity index (χ3n) is 4.05. The summed E-state index contributed by atoms with van der Waals surface area (Å²) in [6, 6.07) is 0. The number of hydrogen-bond donors (Lipinski definition) is 1. The average molecular weight is 317 g/mol. The SMILES string of the molecule is NC(=O)C1(OC(=O)CCCCC2CCSS2)CCCC1. The third-order valence-corrected chi connectivity index (χ3v) is 7.06. The highest BCUT2D eigenvalue weighted by Crippen LogP contribution is 2.40. The topological polar surface area (TPSA) is 69.4 Å². The summed E-state index contributed by atoms with van der Waals surface area (Å²) in [5.74, 6) is 0.500. The van der Waals surface area contributed by atoms with Crippen LogP contribution in [0.4, 0.5) is 0 Å². The summed E-state index contributed by atoms with van der Waals surface area (Å²) in [6.45, 7) is 0. The van der Waals surface area contributed by atoms with Crippen LogP contribution in [0.5, 0.6) is 0 Å². The Balaban J connectivity index is 1.65. The van der Waals surface area contributed by atoms with E-state index >= 15 is 0 Å². The Morgan fingerprint density at radius 2 is 2.00 bits per heavy atom. The van der Waals surface area contributed by atoms with E-state index in [2.05, 4.69) is 0 Å². The number of carbonyl (C=O) groups is 2. The Kier molecular flexibility index (Phi) is 6.08. The highest BCUT2D eigenvalue weighted by atomic mass is 33.1. The molecule has 1 saturated carbocycles.